The van der Waals surface area contributed by atoms with Crippen molar-refractivity contribution in [3.05, 3.63) is 106 Å². The molecule has 0 saturated carbocycles. The van der Waals surface area contributed by atoms with Gasteiger partial charge in [-0.05, 0) is 97.1 Å². The molecular formula is C38H31BrN2O8S. The largest absolute Gasteiger partial charge is 0.508 e. The number of rotatable bonds is 12. The number of hydrogen-bond donors (Lipinski definition) is 2. The van der Waals surface area contributed by atoms with Crippen molar-refractivity contribution < 1.29 is 38.5 Å². The summed E-state index contributed by atoms with van der Waals surface area (Å²) in [6, 6.07) is 24.8. The van der Waals surface area contributed by atoms with E-state index in [9.17, 15) is 24.3 Å². The van der Waals surface area contributed by atoms with Crippen molar-refractivity contribution in [3.8, 4) is 33.4 Å². The van der Waals surface area contributed by atoms with Crippen molar-refractivity contribution in [1.29, 1.82) is 0 Å². The molecule has 1 aromatic heterocycles. The predicted octanol–water partition coefficient (Wildman–Crippen LogP) is 7.26. The van der Waals surface area contributed by atoms with Crippen LogP contribution in [0, 0.1) is 0 Å². The molecule has 4 aromatic carbocycles. The van der Waals surface area contributed by atoms with Gasteiger partial charge in [0.2, 0.25) is 11.8 Å². The fourth-order valence-electron chi connectivity index (χ4n) is 6.05. The molecule has 0 bridgehead atoms. The van der Waals surface area contributed by atoms with Crippen LogP contribution in [0.25, 0.3) is 20.5 Å². The van der Waals surface area contributed by atoms with Crippen LogP contribution in [0.2, 0.25) is 0 Å². The number of aromatic hydroxyl groups is 1. The lowest BCUT2D eigenvalue weighted by Crippen LogP contribution is -2.54. The number of benzene rings is 4. The van der Waals surface area contributed by atoms with E-state index in [1.807, 2.05) is 60.7 Å². The van der Waals surface area contributed by atoms with E-state index in [2.05, 4.69) is 21.2 Å². The number of halogens is 1. The maximum absolute atomic E-state index is 13.1. The topological polar surface area (TPSA) is 131 Å². The zero-order valence-electron chi connectivity index (χ0n) is 26.6. The van der Waals surface area contributed by atoms with E-state index in [1.54, 1.807) is 35.6 Å². The second-order valence-electron chi connectivity index (χ2n) is 11.9. The fraction of sp³-hybridized carbons (Fsp3) is 0.211. The van der Waals surface area contributed by atoms with Crippen molar-refractivity contribution in [2.45, 2.75) is 31.7 Å². The third-order valence-corrected chi connectivity index (χ3v) is 10.2. The first-order valence-corrected chi connectivity index (χ1v) is 17.7. The number of phenols is 1. The molecule has 1 atom stereocenters. The number of amides is 4. The predicted molar refractivity (Wildman–Crippen MR) is 191 cm³/mol. The van der Waals surface area contributed by atoms with Crippen LogP contribution in [0.4, 0.5) is 0 Å². The third-order valence-electron chi connectivity index (χ3n) is 8.53. The van der Waals surface area contributed by atoms with Gasteiger partial charge in [-0.3, -0.25) is 29.4 Å². The summed E-state index contributed by atoms with van der Waals surface area (Å²) in [4.78, 5) is 51.7. The van der Waals surface area contributed by atoms with Gasteiger partial charge in [0.1, 0.15) is 29.9 Å². The average molecular weight is 756 g/mol. The molecule has 5 aromatic rings. The van der Waals surface area contributed by atoms with E-state index in [-0.39, 0.29) is 29.7 Å². The van der Waals surface area contributed by atoms with Crippen LogP contribution in [-0.2, 0) is 20.7 Å². The van der Waals surface area contributed by atoms with Crippen LogP contribution in [0.3, 0.4) is 0 Å². The highest BCUT2D eigenvalue weighted by Gasteiger charge is 2.44. The van der Waals surface area contributed by atoms with Gasteiger partial charge in [-0.25, -0.2) is 0 Å². The average Bonchev–Trinajstić information content (AvgIpc) is 3.58. The molecule has 0 spiro atoms. The van der Waals surface area contributed by atoms with Gasteiger partial charge in [-0.15, -0.1) is 11.3 Å². The number of hydrogen-bond acceptors (Lipinski definition) is 9. The monoisotopic (exact) mass is 754 g/mol. The fourth-order valence-corrected chi connectivity index (χ4v) is 7.48. The maximum Gasteiger partial charge on any atom is 0.262 e. The highest BCUT2D eigenvalue weighted by Crippen LogP contribution is 2.47. The van der Waals surface area contributed by atoms with Gasteiger partial charge in [0.15, 0.2) is 5.75 Å². The van der Waals surface area contributed by atoms with Gasteiger partial charge < -0.3 is 19.3 Å². The first-order valence-electron chi connectivity index (χ1n) is 16.1. The Hall–Kier alpha value is -5.04. The van der Waals surface area contributed by atoms with Crippen molar-refractivity contribution in [2.75, 3.05) is 19.8 Å². The standard InChI is InChI=1S/C38H31BrN2O8S/c39-24-6-4-23(5-7-24)35-34(29-14-8-25(42)21-32(29)50-35)49-27-11-9-26(10-12-27)48-19-18-47-17-1-2-22-3-13-28-30(20-22)38(46)41(37(28)45)31-15-16-33(43)40-36(31)44/h3-14,20-21,31,42H,1-2,15-19H2,(H,40,43,44). The Morgan fingerprint density at radius 3 is 2.38 bits per heavy atom. The number of phenolic OH excluding ortho intramolecular Hbond substituents is 1. The van der Waals surface area contributed by atoms with Gasteiger partial charge in [-0.1, -0.05) is 34.1 Å². The van der Waals surface area contributed by atoms with Crippen LogP contribution >= 0.6 is 27.3 Å². The summed E-state index contributed by atoms with van der Waals surface area (Å²) in [6.07, 6.45) is 1.54. The Morgan fingerprint density at radius 1 is 0.840 bits per heavy atom. The molecule has 50 heavy (non-hydrogen) atoms. The first-order chi connectivity index (χ1) is 24.2. The maximum atomic E-state index is 13.1. The van der Waals surface area contributed by atoms with Gasteiger partial charge >= 0.3 is 0 Å². The third kappa shape index (κ3) is 7.00. The molecule has 7 rings (SSSR count). The number of carbonyl (C=O) groups excluding carboxylic acids is 4. The highest BCUT2D eigenvalue weighted by molar-refractivity contribution is 9.10. The van der Waals surface area contributed by atoms with Crippen molar-refractivity contribution >= 4 is 61.0 Å². The van der Waals surface area contributed by atoms with E-state index < -0.39 is 29.7 Å². The molecule has 12 heteroatoms. The van der Waals surface area contributed by atoms with Crippen LogP contribution in [0.5, 0.6) is 23.0 Å². The summed E-state index contributed by atoms with van der Waals surface area (Å²) >= 11 is 5.05. The molecule has 10 nitrogen and oxygen atoms in total. The summed E-state index contributed by atoms with van der Waals surface area (Å²) < 4.78 is 19.9. The number of piperidine rings is 1. The SMILES string of the molecule is O=C1CCC(N2C(=O)c3ccc(CCCOCCOc4ccc(Oc5c(-c6ccc(Br)cc6)sc6cc(O)ccc56)cc4)cc3C2=O)C(=O)N1. The molecule has 254 valence electrons. The number of carbonyl (C=O) groups is 4. The molecule has 1 saturated heterocycles. The Morgan fingerprint density at radius 2 is 1.60 bits per heavy atom. The lowest BCUT2D eigenvalue weighted by atomic mass is 10.0. The second-order valence-corrected chi connectivity index (χ2v) is 13.9. The molecule has 2 N–H and O–H groups in total. The first kappa shape index (κ1) is 33.5. The highest BCUT2D eigenvalue weighted by atomic mass is 79.9. The smallest absolute Gasteiger partial charge is 0.262 e. The minimum atomic E-state index is -0.981. The molecule has 1 unspecified atom stereocenters. The zero-order chi connectivity index (χ0) is 34.8. The summed E-state index contributed by atoms with van der Waals surface area (Å²) in [7, 11) is 0. The quantitative estimate of drug-likeness (QED) is 0.101. The number of imide groups is 2. The number of nitrogens with zero attached hydrogens (tertiary/aromatic N) is 1. The number of nitrogens with one attached hydrogen (secondary N) is 1. The van der Waals surface area contributed by atoms with Crippen molar-refractivity contribution in [1.82, 2.24) is 10.2 Å². The number of fused-ring (bicyclic) bond motifs is 2. The number of thiophene rings is 1. The molecule has 0 aliphatic carbocycles. The summed E-state index contributed by atoms with van der Waals surface area (Å²) in [5, 5.41) is 13.2. The molecule has 0 radical (unpaired) electrons. The molecule has 4 amide bonds. The summed E-state index contributed by atoms with van der Waals surface area (Å²) in [5.74, 6) is 0.206. The van der Waals surface area contributed by atoms with Crippen molar-refractivity contribution in [2.24, 2.45) is 0 Å². The van der Waals surface area contributed by atoms with Gasteiger partial charge in [-0.2, -0.15) is 0 Å². The normalized spacial score (nSPS) is 15.8. The minimum absolute atomic E-state index is 0.0813. The Labute approximate surface area is 299 Å². The minimum Gasteiger partial charge on any atom is -0.508 e. The summed E-state index contributed by atoms with van der Waals surface area (Å²) in [5.41, 5.74) is 2.44. The van der Waals surface area contributed by atoms with Gasteiger partial charge in [0.05, 0.1) is 22.6 Å². The number of ether oxygens (including phenoxy) is 3. The van der Waals surface area contributed by atoms with E-state index in [1.165, 1.54) is 0 Å². The molecule has 1 fully saturated rings. The van der Waals surface area contributed by atoms with E-state index in [0.29, 0.717) is 44.2 Å². The number of aryl methyl sites for hydroxylation is 1. The van der Waals surface area contributed by atoms with E-state index in [0.717, 1.165) is 41.2 Å². The second kappa shape index (κ2) is 14.4. The Kier molecular flexibility index (Phi) is 9.66. The van der Waals surface area contributed by atoms with E-state index >= 15 is 0 Å². The lowest BCUT2D eigenvalue weighted by Gasteiger charge is -2.27. The zero-order valence-corrected chi connectivity index (χ0v) is 29.1. The summed E-state index contributed by atoms with van der Waals surface area (Å²) in [6.45, 7) is 1.23. The molecule has 3 heterocycles. The molecular weight excluding hydrogens is 724 g/mol. The van der Waals surface area contributed by atoms with Crippen molar-refractivity contribution in [3.63, 3.8) is 0 Å². The van der Waals surface area contributed by atoms with Gasteiger partial charge in [0.25, 0.3) is 11.8 Å². The molecule has 2 aliphatic rings. The Balaban J connectivity index is 0.877. The Bertz CT molecular complexity index is 2110. The van der Waals surface area contributed by atoms with Crippen LogP contribution in [0.15, 0.2) is 89.4 Å². The lowest BCUT2D eigenvalue weighted by molar-refractivity contribution is -0.136. The van der Waals surface area contributed by atoms with Crippen LogP contribution < -0.4 is 14.8 Å². The van der Waals surface area contributed by atoms with E-state index in [4.69, 9.17) is 14.2 Å². The van der Waals surface area contributed by atoms with Crippen LogP contribution in [0.1, 0.15) is 45.5 Å². The van der Waals surface area contributed by atoms with Crippen LogP contribution in [-0.4, -0.2) is 59.5 Å². The molecule has 2 aliphatic heterocycles. The van der Waals surface area contributed by atoms with Gasteiger partial charge in [0, 0.05) is 27.6 Å².